The molecule has 0 aliphatic carbocycles. The molecule has 0 atom stereocenters. The van der Waals surface area contributed by atoms with Crippen LogP contribution in [0.2, 0.25) is 0 Å². The summed E-state index contributed by atoms with van der Waals surface area (Å²) in [6.45, 7) is 6.15. The molecule has 0 amide bonds. The highest BCUT2D eigenvalue weighted by Crippen LogP contribution is 2.39. The van der Waals surface area contributed by atoms with Crippen molar-refractivity contribution in [1.82, 2.24) is 19.9 Å². The zero-order chi connectivity index (χ0) is 41.8. The van der Waals surface area contributed by atoms with E-state index in [0.29, 0.717) is 0 Å². The average Bonchev–Trinajstić information content (AvgIpc) is 4.04. The first-order valence-corrected chi connectivity index (χ1v) is 20.8. The molecule has 0 radical (unpaired) electrons. The minimum Gasteiger partial charge on any atom is -0.354 e. The van der Waals surface area contributed by atoms with Crippen LogP contribution in [0.3, 0.4) is 0 Å². The average molecular weight is 787 g/mol. The highest BCUT2D eigenvalue weighted by molar-refractivity contribution is 6.00. The quantitative estimate of drug-likeness (QED) is 0.151. The molecule has 60 heavy (non-hydrogen) atoms. The lowest BCUT2D eigenvalue weighted by molar-refractivity contribution is -0.884. The zero-order valence-electron chi connectivity index (χ0n) is 36.1. The van der Waals surface area contributed by atoms with Gasteiger partial charge in [-0.15, -0.1) is 0 Å². The maximum Gasteiger partial charge on any atom is 0.104 e. The Morgan fingerprint density at radius 1 is 0.350 bits per heavy atom. The minimum atomic E-state index is 0.860. The largest absolute Gasteiger partial charge is 0.354 e. The summed E-state index contributed by atoms with van der Waals surface area (Å²) in [4.78, 5) is 18.8. The van der Waals surface area contributed by atoms with Crippen molar-refractivity contribution in [3.05, 3.63) is 166 Å². The Balaban J connectivity index is 1.39. The molecular weight excluding hydrogens is 733 g/mol. The number of rotatable bonds is 8. The fourth-order valence-electron chi connectivity index (χ4n) is 8.51. The van der Waals surface area contributed by atoms with Crippen LogP contribution in [-0.4, -0.2) is 71.2 Å². The summed E-state index contributed by atoms with van der Waals surface area (Å²) in [6.07, 6.45) is 8.64. The Labute approximate surface area is 354 Å². The van der Waals surface area contributed by atoms with E-state index in [1.165, 1.54) is 22.3 Å². The second-order valence-corrected chi connectivity index (χ2v) is 18.5. The van der Waals surface area contributed by atoms with Crippen molar-refractivity contribution in [2.45, 2.75) is 26.9 Å². The van der Waals surface area contributed by atoms with E-state index in [1.54, 1.807) is 0 Å². The van der Waals surface area contributed by atoms with Crippen LogP contribution in [0, 0.1) is 13.8 Å². The van der Waals surface area contributed by atoms with Gasteiger partial charge in [0, 0.05) is 55.4 Å². The molecule has 0 unspecified atom stereocenters. The third-order valence-corrected chi connectivity index (χ3v) is 11.2. The number of fused-ring (bicyclic) bond motifs is 8. The van der Waals surface area contributed by atoms with E-state index in [4.69, 9.17) is 9.97 Å². The summed E-state index contributed by atoms with van der Waals surface area (Å²) in [5, 5.41) is 0. The number of aryl methyl sites for hydroxylation is 2. The van der Waals surface area contributed by atoms with Gasteiger partial charge in [-0.25, -0.2) is 9.97 Å². The number of hydrogen-bond donors (Lipinski definition) is 2. The van der Waals surface area contributed by atoms with E-state index < -0.39 is 0 Å². The van der Waals surface area contributed by atoms with Gasteiger partial charge in [-0.05, 0) is 84.7 Å². The molecule has 0 spiro atoms. The fourth-order valence-corrected chi connectivity index (χ4v) is 8.51. The molecule has 6 nitrogen and oxygen atoms in total. The topological polar surface area (TPSA) is 57.4 Å². The minimum absolute atomic E-state index is 0.860. The smallest absolute Gasteiger partial charge is 0.104 e. The van der Waals surface area contributed by atoms with Gasteiger partial charge >= 0.3 is 0 Å². The molecule has 3 aromatic heterocycles. The van der Waals surface area contributed by atoms with Crippen molar-refractivity contribution in [3.8, 4) is 44.5 Å². The van der Waals surface area contributed by atoms with Gasteiger partial charge in [-0.3, -0.25) is 0 Å². The van der Waals surface area contributed by atoms with E-state index in [9.17, 15) is 0 Å². The Hall–Kier alpha value is -6.60. The van der Waals surface area contributed by atoms with Crippen LogP contribution in [0.15, 0.2) is 121 Å². The van der Waals surface area contributed by atoms with Gasteiger partial charge in [0.25, 0.3) is 0 Å². The highest BCUT2D eigenvalue weighted by Gasteiger charge is 2.20. The molecule has 5 heterocycles. The van der Waals surface area contributed by atoms with Crippen LogP contribution in [-0.2, 0) is 13.1 Å². The van der Waals surface area contributed by atoms with E-state index in [0.717, 1.165) is 111 Å². The Bertz CT molecular complexity index is 2800. The van der Waals surface area contributed by atoms with Crippen molar-refractivity contribution < 1.29 is 8.97 Å². The summed E-state index contributed by atoms with van der Waals surface area (Å²) in [5.41, 5.74) is 21.3. The van der Waals surface area contributed by atoms with Crippen molar-refractivity contribution in [1.29, 1.82) is 0 Å². The number of nitrogens with zero attached hydrogens (tertiary/aromatic N) is 4. The lowest BCUT2D eigenvalue weighted by Crippen LogP contribution is -2.33. The SMILES string of the molecule is Cc1ccc(-c2c3nc(c(-c4ccc(C[N+](C)(C)C)cc4)c4ccc([nH]4)c(-c4ccc(C)cc4)c4ccc([nH]4)c(-c4ccc(C[N+](C)(C)C)cc4)c4nc2C=C4)C=C3)cc1. The summed E-state index contributed by atoms with van der Waals surface area (Å²) in [5.74, 6) is 0. The number of hydrogen-bond acceptors (Lipinski definition) is 2. The van der Waals surface area contributed by atoms with E-state index in [2.05, 4.69) is 212 Å². The molecule has 9 rings (SSSR count). The second kappa shape index (κ2) is 15.2. The second-order valence-electron chi connectivity index (χ2n) is 18.5. The molecule has 2 N–H and O–H groups in total. The monoisotopic (exact) mass is 786 g/mol. The number of quaternary nitrogens is 2. The summed E-state index contributed by atoms with van der Waals surface area (Å²) >= 11 is 0. The van der Waals surface area contributed by atoms with Gasteiger partial charge in [0.2, 0.25) is 0 Å². The van der Waals surface area contributed by atoms with Crippen molar-refractivity contribution in [2.75, 3.05) is 42.3 Å². The number of aromatic nitrogens is 4. The lowest BCUT2D eigenvalue weighted by atomic mass is 10.0. The van der Waals surface area contributed by atoms with Gasteiger partial charge < -0.3 is 18.9 Å². The summed E-state index contributed by atoms with van der Waals surface area (Å²) in [7, 11) is 13.4. The van der Waals surface area contributed by atoms with Gasteiger partial charge in [0.1, 0.15) is 13.1 Å². The summed E-state index contributed by atoms with van der Waals surface area (Å²) in [6, 6.07) is 44.4. The Morgan fingerprint density at radius 2 is 0.633 bits per heavy atom. The van der Waals surface area contributed by atoms with Crippen LogP contribution < -0.4 is 0 Å². The highest BCUT2D eigenvalue weighted by atomic mass is 15.3. The molecule has 7 aromatic rings. The van der Waals surface area contributed by atoms with Gasteiger partial charge in [-0.1, -0.05) is 108 Å². The molecule has 6 heteroatoms. The number of benzene rings is 4. The lowest BCUT2D eigenvalue weighted by Gasteiger charge is -2.24. The van der Waals surface area contributed by atoms with Crippen LogP contribution in [0.5, 0.6) is 0 Å². The first-order valence-electron chi connectivity index (χ1n) is 20.8. The number of aromatic amines is 2. The first-order chi connectivity index (χ1) is 28.7. The molecular formula is C54H54N6+2. The van der Waals surface area contributed by atoms with Crippen molar-refractivity contribution in [3.63, 3.8) is 0 Å². The van der Waals surface area contributed by atoms with Crippen LogP contribution >= 0.6 is 0 Å². The fraction of sp³-hybridized carbons (Fsp3) is 0.185. The molecule has 298 valence electrons. The van der Waals surface area contributed by atoms with Crippen LogP contribution in [0.25, 0.3) is 90.9 Å². The third kappa shape index (κ3) is 8.04. The van der Waals surface area contributed by atoms with E-state index >= 15 is 0 Å². The van der Waals surface area contributed by atoms with Crippen LogP contribution in [0.4, 0.5) is 0 Å². The predicted molar refractivity (Wildman–Crippen MR) is 254 cm³/mol. The molecule has 0 fully saturated rings. The van der Waals surface area contributed by atoms with Gasteiger partial charge in [0.05, 0.1) is 65.1 Å². The number of nitrogens with one attached hydrogen (secondary N) is 2. The zero-order valence-corrected chi connectivity index (χ0v) is 36.1. The van der Waals surface area contributed by atoms with Gasteiger partial charge in [0.15, 0.2) is 0 Å². The predicted octanol–water partition coefficient (Wildman–Crippen LogP) is 12.4. The van der Waals surface area contributed by atoms with E-state index in [1.807, 2.05) is 0 Å². The van der Waals surface area contributed by atoms with Crippen LogP contribution in [0.1, 0.15) is 45.0 Å². The standard InChI is InChI=1S/C54H54N6/c1-35-9-17-39(18-10-35)51-43-25-29-47(55-43)53(41-21-13-37(14-22-41)33-59(3,4)5)49-31-27-45(57-49)52(40-19-11-36(2)12-20-40)46-28-32-50(58-46)54(48-30-26-44(51)56-48)42-23-15-38(16-24-42)34-60(6,7)8/h9-32,55-56H,33-34H2,1-8H3/q+2. The Morgan fingerprint density at radius 3 is 0.983 bits per heavy atom. The number of H-pyrrole nitrogens is 2. The maximum atomic E-state index is 5.48. The molecule has 2 aliphatic heterocycles. The van der Waals surface area contributed by atoms with Gasteiger partial charge in [-0.2, -0.15) is 0 Å². The third-order valence-electron chi connectivity index (χ3n) is 11.2. The molecule has 8 bridgehead atoms. The van der Waals surface area contributed by atoms with Crippen molar-refractivity contribution in [2.24, 2.45) is 0 Å². The van der Waals surface area contributed by atoms with Crippen molar-refractivity contribution >= 4 is 46.4 Å². The molecule has 4 aromatic carbocycles. The normalized spacial score (nSPS) is 12.7. The Kier molecular flexibility index (Phi) is 9.86. The molecule has 0 saturated carbocycles. The molecule has 2 aliphatic rings. The first kappa shape index (κ1) is 38.9. The maximum absolute atomic E-state index is 5.48. The molecule has 0 saturated heterocycles. The summed E-state index contributed by atoms with van der Waals surface area (Å²) < 4.78 is 1.72. The van der Waals surface area contributed by atoms with E-state index in [-0.39, 0.29) is 0 Å².